The van der Waals surface area contributed by atoms with E-state index in [4.69, 9.17) is 0 Å². The van der Waals surface area contributed by atoms with Crippen LogP contribution in [0.4, 0.5) is 26.3 Å². The van der Waals surface area contributed by atoms with Crippen LogP contribution in [0.2, 0.25) is 0 Å². The summed E-state index contributed by atoms with van der Waals surface area (Å²) in [7, 11) is -10.8. The van der Waals surface area contributed by atoms with Gasteiger partial charge >= 0.3 is 12.7 Å². The minimum Gasteiger partial charge on any atom is -0.199 e. The number of alkyl halides is 6. The Labute approximate surface area is 96.7 Å². The van der Waals surface area contributed by atoms with Gasteiger partial charge in [-0.25, -0.2) is 0 Å². The Bertz CT molecular complexity index is 425. The molecule has 0 unspecified atom stereocenters. The molecule has 0 aromatic carbocycles. The van der Waals surface area contributed by atoms with Gasteiger partial charge in [0.15, 0.2) is 0 Å². The Balaban J connectivity index is 4.60. The van der Waals surface area contributed by atoms with E-state index in [-0.39, 0.29) is 0 Å². The van der Waals surface area contributed by atoms with Crippen molar-refractivity contribution in [3.8, 4) is 0 Å². The van der Waals surface area contributed by atoms with Crippen LogP contribution in [0.15, 0.2) is 0 Å². The summed E-state index contributed by atoms with van der Waals surface area (Å²) in [5.41, 5.74) is 0. The maximum atomic E-state index is 11.5. The van der Waals surface area contributed by atoms with Gasteiger partial charge in [0.05, 0.1) is 11.5 Å². The lowest BCUT2D eigenvalue weighted by Gasteiger charge is -2.09. The van der Waals surface area contributed by atoms with Crippen LogP contribution in [-0.2, 0) is 28.6 Å². The Hall–Kier alpha value is -0.600. The molecule has 0 saturated carbocycles. The maximum absolute atomic E-state index is 11.5. The lowest BCUT2D eigenvalue weighted by Crippen LogP contribution is -2.28. The summed E-state index contributed by atoms with van der Waals surface area (Å²) in [4.78, 5) is 0. The molecular formula is C4H4F6O6S2. The van der Waals surface area contributed by atoms with Gasteiger partial charge in [-0.15, -0.1) is 26.3 Å². The summed E-state index contributed by atoms with van der Waals surface area (Å²) < 4.78 is 116. The highest BCUT2D eigenvalue weighted by atomic mass is 32.2. The highest BCUT2D eigenvalue weighted by Gasteiger charge is 2.40. The van der Waals surface area contributed by atoms with Gasteiger partial charge < -0.3 is 0 Å². The van der Waals surface area contributed by atoms with E-state index in [0.717, 1.165) is 0 Å². The number of hydrogen-bond acceptors (Lipinski definition) is 6. The lowest BCUT2D eigenvalue weighted by molar-refractivity contribution is -0.273. The molecule has 0 aliphatic rings. The zero-order chi connectivity index (χ0) is 14.8. The first-order valence-electron chi connectivity index (χ1n) is 3.62. The van der Waals surface area contributed by atoms with Crippen molar-refractivity contribution in [1.29, 1.82) is 0 Å². The quantitative estimate of drug-likeness (QED) is 0.546. The van der Waals surface area contributed by atoms with Crippen LogP contribution in [0.25, 0.3) is 0 Å². The van der Waals surface area contributed by atoms with Crippen molar-refractivity contribution in [2.24, 2.45) is 0 Å². The van der Waals surface area contributed by atoms with E-state index >= 15 is 0 Å². The Morgan fingerprint density at radius 3 is 1.06 bits per heavy atom. The summed E-state index contributed by atoms with van der Waals surface area (Å²) in [5.74, 6) is -3.68. The molecule has 0 N–H and O–H groups in total. The second kappa shape index (κ2) is 5.18. The summed E-state index contributed by atoms with van der Waals surface area (Å²) >= 11 is 0. The standard InChI is InChI=1S/C4H4F6O6S2/c5-3(6,7)15-17(11,12)1-2-18(13,14)16-4(8,9)10/h1-2H2. The molecule has 0 fully saturated rings. The molecule has 0 aromatic heterocycles. The maximum Gasteiger partial charge on any atom is 0.537 e. The van der Waals surface area contributed by atoms with Gasteiger partial charge in [-0.3, -0.25) is 0 Å². The third-order valence-corrected chi connectivity index (χ3v) is 3.58. The van der Waals surface area contributed by atoms with Crippen molar-refractivity contribution in [2.45, 2.75) is 12.7 Å². The van der Waals surface area contributed by atoms with Crippen molar-refractivity contribution < 1.29 is 51.5 Å². The van der Waals surface area contributed by atoms with Crippen molar-refractivity contribution in [3.05, 3.63) is 0 Å². The van der Waals surface area contributed by atoms with E-state index < -0.39 is 44.5 Å². The molecule has 0 rings (SSSR count). The topological polar surface area (TPSA) is 86.7 Å². The van der Waals surface area contributed by atoms with Crippen LogP contribution >= 0.6 is 0 Å². The highest BCUT2D eigenvalue weighted by molar-refractivity contribution is 7.90. The molecular weight excluding hydrogens is 322 g/mol. The molecule has 0 atom stereocenters. The number of halogens is 6. The van der Waals surface area contributed by atoms with Crippen LogP contribution < -0.4 is 0 Å². The molecule has 0 aliphatic heterocycles. The average molecular weight is 326 g/mol. The number of hydrogen-bond donors (Lipinski definition) is 0. The first-order chi connectivity index (χ1) is 7.62. The van der Waals surface area contributed by atoms with Crippen molar-refractivity contribution >= 4 is 20.2 Å². The molecule has 110 valence electrons. The van der Waals surface area contributed by atoms with Crippen molar-refractivity contribution in [2.75, 3.05) is 11.5 Å². The second-order valence-electron chi connectivity index (χ2n) is 2.58. The predicted octanol–water partition coefficient (Wildman–Crippen LogP) is 0.719. The fraction of sp³-hybridized carbons (Fsp3) is 1.00. The van der Waals surface area contributed by atoms with E-state index in [2.05, 4.69) is 8.37 Å². The highest BCUT2D eigenvalue weighted by Crippen LogP contribution is 2.22. The summed E-state index contributed by atoms with van der Waals surface area (Å²) in [6.07, 6.45) is -11.2. The molecule has 0 saturated heterocycles. The largest absolute Gasteiger partial charge is 0.537 e. The van der Waals surface area contributed by atoms with Crippen LogP contribution in [-0.4, -0.2) is 41.1 Å². The lowest BCUT2D eigenvalue weighted by atomic mass is 11.0. The van der Waals surface area contributed by atoms with E-state index in [1.165, 1.54) is 0 Å². The molecule has 0 spiro atoms. The zero-order valence-corrected chi connectivity index (χ0v) is 9.58. The first kappa shape index (κ1) is 17.4. The van der Waals surface area contributed by atoms with Gasteiger partial charge in [0.25, 0.3) is 20.2 Å². The van der Waals surface area contributed by atoms with E-state index in [1.54, 1.807) is 0 Å². The first-order valence-corrected chi connectivity index (χ1v) is 6.77. The zero-order valence-electron chi connectivity index (χ0n) is 7.95. The minimum absolute atomic E-state index is 1.84. The monoisotopic (exact) mass is 326 g/mol. The Kier molecular flexibility index (Phi) is 5.01. The molecule has 18 heavy (non-hydrogen) atoms. The van der Waals surface area contributed by atoms with Crippen LogP contribution in [0.5, 0.6) is 0 Å². The summed E-state index contributed by atoms with van der Waals surface area (Å²) in [6, 6.07) is 0. The molecule has 0 aromatic rings. The normalized spacial score (nSPS) is 14.8. The van der Waals surface area contributed by atoms with Crippen LogP contribution in [0.3, 0.4) is 0 Å². The third-order valence-electron chi connectivity index (χ3n) is 1.03. The smallest absolute Gasteiger partial charge is 0.199 e. The Morgan fingerprint density at radius 2 is 0.889 bits per heavy atom. The third kappa shape index (κ3) is 9.43. The minimum atomic E-state index is -5.60. The van der Waals surface area contributed by atoms with E-state index in [1.807, 2.05) is 0 Å². The number of rotatable bonds is 5. The molecule has 0 radical (unpaired) electrons. The molecule has 0 aliphatic carbocycles. The van der Waals surface area contributed by atoms with Crippen molar-refractivity contribution in [3.63, 3.8) is 0 Å². The van der Waals surface area contributed by atoms with Gasteiger partial charge in [-0.05, 0) is 0 Å². The van der Waals surface area contributed by atoms with Gasteiger partial charge in [0, 0.05) is 0 Å². The Morgan fingerprint density at radius 1 is 0.667 bits per heavy atom. The SMILES string of the molecule is O=S(=O)(CCS(=O)(=O)OC(F)(F)F)OC(F)(F)F. The predicted molar refractivity (Wildman–Crippen MR) is 41.9 cm³/mol. The van der Waals surface area contributed by atoms with Crippen molar-refractivity contribution in [1.82, 2.24) is 0 Å². The molecule has 0 amide bonds. The average Bonchev–Trinajstić information content (AvgIpc) is 1.91. The summed E-state index contributed by atoms with van der Waals surface area (Å²) in [5, 5.41) is 0. The van der Waals surface area contributed by atoms with E-state index in [9.17, 15) is 43.2 Å². The van der Waals surface area contributed by atoms with E-state index in [0.29, 0.717) is 0 Å². The second-order valence-corrected chi connectivity index (χ2v) is 5.96. The molecule has 0 bridgehead atoms. The summed E-state index contributed by atoms with van der Waals surface area (Å²) in [6.45, 7) is 0. The fourth-order valence-corrected chi connectivity index (χ4v) is 2.95. The molecule has 14 heteroatoms. The molecule has 6 nitrogen and oxygen atoms in total. The fourth-order valence-electron chi connectivity index (χ4n) is 0.575. The van der Waals surface area contributed by atoms with Gasteiger partial charge in [-0.1, -0.05) is 0 Å². The van der Waals surface area contributed by atoms with Crippen LogP contribution in [0, 0.1) is 0 Å². The van der Waals surface area contributed by atoms with Gasteiger partial charge in [0.2, 0.25) is 0 Å². The van der Waals surface area contributed by atoms with Crippen LogP contribution in [0.1, 0.15) is 0 Å². The van der Waals surface area contributed by atoms with Gasteiger partial charge in [-0.2, -0.15) is 25.2 Å². The molecule has 0 heterocycles. The van der Waals surface area contributed by atoms with Gasteiger partial charge in [0.1, 0.15) is 0 Å².